The molecule has 1 N–H and O–H groups in total. The molecular formula is C17H20ClN3O2. The van der Waals surface area contributed by atoms with Crippen molar-refractivity contribution in [2.45, 2.75) is 19.4 Å². The van der Waals surface area contributed by atoms with Gasteiger partial charge in [-0.1, -0.05) is 29.8 Å². The summed E-state index contributed by atoms with van der Waals surface area (Å²) >= 11 is 6.23. The molecule has 122 valence electrons. The second kappa shape index (κ2) is 6.34. The lowest BCUT2D eigenvalue weighted by atomic mass is 9.89. The lowest BCUT2D eigenvalue weighted by Crippen LogP contribution is -2.23. The molecule has 5 nitrogen and oxygen atoms in total. The molecule has 0 spiro atoms. The van der Waals surface area contributed by atoms with Gasteiger partial charge in [0, 0.05) is 43.3 Å². The van der Waals surface area contributed by atoms with Crippen molar-refractivity contribution in [1.29, 1.82) is 0 Å². The fourth-order valence-electron chi connectivity index (χ4n) is 3.33. The lowest BCUT2D eigenvalue weighted by molar-refractivity contribution is -0.141. The number of aryl methyl sites for hydroxylation is 1. The Kier molecular flexibility index (Phi) is 4.41. The van der Waals surface area contributed by atoms with Gasteiger partial charge >= 0.3 is 5.97 Å². The highest BCUT2D eigenvalue weighted by Crippen LogP contribution is 2.35. The fraction of sp³-hybridized carbons (Fsp3) is 0.412. The summed E-state index contributed by atoms with van der Waals surface area (Å²) in [5.41, 5.74) is 3.09. The number of halogens is 1. The van der Waals surface area contributed by atoms with Crippen LogP contribution in [0, 0.1) is 12.8 Å². The Bertz CT molecular complexity index is 728. The zero-order valence-corrected chi connectivity index (χ0v) is 14.0. The van der Waals surface area contributed by atoms with Gasteiger partial charge in [0.25, 0.3) is 0 Å². The number of carboxylic acids is 1. The number of carbonyl (C=O) groups is 1. The molecule has 1 aromatic heterocycles. The molecule has 0 amide bonds. The third-order valence-corrected chi connectivity index (χ3v) is 5.11. The van der Waals surface area contributed by atoms with Crippen molar-refractivity contribution < 1.29 is 9.90 Å². The fourth-order valence-corrected chi connectivity index (χ4v) is 3.52. The maximum atomic E-state index is 11.7. The van der Waals surface area contributed by atoms with Gasteiger partial charge in [-0.3, -0.25) is 14.4 Å². The van der Waals surface area contributed by atoms with Gasteiger partial charge in [0.15, 0.2) is 0 Å². The van der Waals surface area contributed by atoms with Crippen molar-refractivity contribution >= 4 is 17.6 Å². The summed E-state index contributed by atoms with van der Waals surface area (Å²) in [6.07, 6.45) is 1.80. The molecule has 3 rings (SSSR count). The molecule has 23 heavy (non-hydrogen) atoms. The topological polar surface area (TPSA) is 58.4 Å². The molecular weight excluding hydrogens is 314 g/mol. The van der Waals surface area contributed by atoms with Gasteiger partial charge in [0.2, 0.25) is 0 Å². The van der Waals surface area contributed by atoms with E-state index in [0.29, 0.717) is 19.6 Å². The summed E-state index contributed by atoms with van der Waals surface area (Å²) in [6, 6.07) is 7.71. The maximum absolute atomic E-state index is 11.7. The van der Waals surface area contributed by atoms with Crippen molar-refractivity contribution in [3.05, 3.63) is 52.3 Å². The van der Waals surface area contributed by atoms with Crippen LogP contribution in [0.25, 0.3) is 0 Å². The van der Waals surface area contributed by atoms with Gasteiger partial charge in [-0.25, -0.2) is 0 Å². The Morgan fingerprint density at radius 1 is 1.39 bits per heavy atom. The predicted octanol–water partition coefficient (Wildman–Crippen LogP) is 2.68. The zero-order chi connectivity index (χ0) is 16.6. The normalized spacial score (nSPS) is 21.7. The number of likely N-dealkylation sites (tertiary alicyclic amines) is 1. The number of aliphatic carboxylic acids is 1. The van der Waals surface area contributed by atoms with E-state index in [2.05, 4.69) is 10.00 Å². The van der Waals surface area contributed by atoms with E-state index in [9.17, 15) is 9.90 Å². The van der Waals surface area contributed by atoms with Crippen LogP contribution < -0.4 is 0 Å². The van der Waals surface area contributed by atoms with Gasteiger partial charge in [0.1, 0.15) is 0 Å². The number of nitrogens with zero attached hydrogens (tertiary/aromatic N) is 3. The summed E-state index contributed by atoms with van der Waals surface area (Å²) in [5, 5.41) is 14.6. The second-order valence-electron chi connectivity index (χ2n) is 6.15. The quantitative estimate of drug-likeness (QED) is 0.934. The third kappa shape index (κ3) is 3.12. The lowest BCUT2D eigenvalue weighted by Gasteiger charge is -2.16. The van der Waals surface area contributed by atoms with Crippen molar-refractivity contribution in [3.63, 3.8) is 0 Å². The SMILES string of the molecule is Cc1c([C@H]2CN(Cc3ccccc3Cl)C[C@@H]2C(=O)O)cnn1C. The second-order valence-corrected chi connectivity index (χ2v) is 6.55. The number of rotatable bonds is 4. The van der Waals surface area contributed by atoms with Crippen molar-refractivity contribution in [1.82, 2.24) is 14.7 Å². The minimum absolute atomic E-state index is 0.0383. The van der Waals surface area contributed by atoms with E-state index in [4.69, 9.17) is 11.6 Å². The van der Waals surface area contributed by atoms with E-state index in [1.807, 2.05) is 38.2 Å². The first kappa shape index (κ1) is 16.0. The standard InChI is InChI=1S/C17H20ClN3O2/c1-11-13(7-19-20(11)2)14-9-21(10-15(14)17(22)23)8-12-5-3-4-6-16(12)18/h3-7,14-15H,8-10H2,1-2H3,(H,22,23)/t14-,15+/m1/s1. The van der Waals surface area contributed by atoms with Crippen LogP contribution in [-0.4, -0.2) is 38.8 Å². The van der Waals surface area contributed by atoms with E-state index < -0.39 is 11.9 Å². The molecule has 0 radical (unpaired) electrons. The molecule has 0 aliphatic carbocycles. The molecule has 6 heteroatoms. The molecule has 1 fully saturated rings. The molecule has 1 aliphatic rings. The molecule has 0 unspecified atom stereocenters. The van der Waals surface area contributed by atoms with Crippen LogP contribution >= 0.6 is 11.6 Å². The van der Waals surface area contributed by atoms with E-state index >= 15 is 0 Å². The number of benzene rings is 1. The van der Waals surface area contributed by atoms with Gasteiger partial charge in [0.05, 0.1) is 12.1 Å². The zero-order valence-electron chi connectivity index (χ0n) is 13.2. The highest BCUT2D eigenvalue weighted by atomic mass is 35.5. The summed E-state index contributed by atoms with van der Waals surface area (Å²) < 4.78 is 1.80. The smallest absolute Gasteiger partial charge is 0.308 e. The van der Waals surface area contributed by atoms with Crippen molar-refractivity contribution in [2.75, 3.05) is 13.1 Å². The number of hydrogen-bond acceptors (Lipinski definition) is 3. The van der Waals surface area contributed by atoms with Gasteiger partial charge in [-0.15, -0.1) is 0 Å². The van der Waals surface area contributed by atoms with Gasteiger partial charge < -0.3 is 5.11 Å². The largest absolute Gasteiger partial charge is 0.481 e. The van der Waals surface area contributed by atoms with Crippen molar-refractivity contribution in [2.24, 2.45) is 13.0 Å². The minimum Gasteiger partial charge on any atom is -0.481 e. The van der Waals surface area contributed by atoms with E-state index in [0.717, 1.165) is 21.8 Å². The van der Waals surface area contributed by atoms with E-state index in [1.54, 1.807) is 10.9 Å². The first-order chi connectivity index (χ1) is 11.0. The predicted molar refractivity (Wildman–Crippen MR) is 88.5 cm³/mol. The van der Waals surface area contributed by atoms with Crippen LogP contribution in [0.2, 0.25) is 5.02 Å². The highest BCUT2D eigenvalue weighted by molar-refractivity contribution is 6.31. The average molecular weight is 334 g/mol. The Hall–Kier alpha value is -1.85. The van der Waals surface area contributed by atoms with Crippen LogP contribution in [-0.2, 0) is 18.4 Å². The molecule has 0 bridgehead atoms. The first-order valence-corrected chi connectivity index (χ1v) is 8.02. The maximum Gasteiger partial charge on any atom is 0.308 e. The minimum atomic E-state index is -0.750. The summed E-state index contributed by atoms with van der Waals surface area (Å²) in [6.45, 7) is 3.88. The Balaban J connectivity index is 1.83. The van der Waals surface area contributed by atoms with E-state index in [-0.39, 0.29) is 5.92 Å². The van der Waals surface area contributed by atoms with E-state index in [1.165, 1.54) is 0 Å². The monoisotopic (exact) mass is 333 g/mol. The molecule has 2 atom stereocenters. The van der Waals surface area contributed by atoms with Crippen LogP contribution in [0.4, 0.5) is 0 Å². The average Bonchev–Trinajstić information content (AvgIpc) is 3.06. The summed E-state index contributed by atoms with van der Waals surface area (Å²) in [5.74, 6) is -1.20. The third-order valence-electron chi connectivity index (χ3n) is 4.74. The molecule has 1 saturated heterocycles. The van der Waals surface area contributed by atoms with Crippen LogP contribution in [0.15, 0.2) is 30.5 Å². The molecule has 2 aromatic rings. The molecule has 1 aliphatic heterocycles. The van der Waals surface area contributed by atoms with Gasteiger partial charge in [-0.2, -0.15) is 5.10 Å². The molecule has 0 saturated carbocycles. The Morgan fingerprint density at radius 3 is 2.74 bits per heavy atom. The van der Waals surface area contributed by atoms with Crippen molar-refractivity contribution in [3.8, 4) is 0 Å². The number of aromatic nitrogens is 2. The van der Waals surface area contributed by atoms with Crippen LogP contribution in [0.3, 0.4) is 0 Å². The summed E-state index contributed by atoms with van der Waals surface area (Å²) in [7, 11) is 1.88. The number of hydrogen-bond donors (Lipinski definition) is 1. The van der Waals surface area contributed by atoms with Crippen LogP contribution in [0.5, 0.6) is 0 Å². The molecule has 1 aromatic carbocycles. The highest BCUT2D eigenvalue weighted by Gasteiger charge is 2.39. The number of carboxylic acid groups (broad SMARTS) is 1. The summed E-state index contributed by atoms with van der Waals surface area (Å²) in [4.78, 5) is 13.9. The Morgan fingerprint density at radius 2 is 2.13 bits per heavy atom. The molecule has 2 heterocycles. The first-order valence-electron chi connectivity index (χ1n) is 7.64. The Labute approximate surface area is 140 Å². The van der Waals surface area contributed by atoms with Gasteiger partial charge in [-0.05, 0) is 24.1 Å². The van der Waals surface area contributed by atoms with Crippen LogP contribution in [0.1, 0.15) is 22.7 Å².